The van der Waals surface area contributed by atoms with Crippen molar-refractivity contribution in [3.05, 3.63) is 200 Å². The molecular weight excluding hydrogens is 711 g/mol. The Bertz CT molecular complexity index is 3520. The van der Waals surface area contributed by atoms with Crippen LogP contribution in [-0.2, 0) is 0 Å². The van der Waals surface area contributed by atoms with Gasteiger partial charge in [0.15, 0.2) is 0 Å². The van der Waals surface area contributed by atoms with Gasteiger partial charge in [0, 0.05) is 42.3 Å². The van der Waals surface area contributed by atoms with Crippen LogP contribution in [0, 0.1) is 0 Å². The quantitative estimate of drug-likeness (QED) is 0.163. The average Bonchev–Trinajstić information content (AvgIpc) is 3.86. The van der Waals surface area contributed by atoms with E-state index in [9.17, 15) is 0 Å². The minimum Gasteiger partial charge on any atom is -0.455 e. The number of hydrogen-bond acceptors (Lipinski definition) is 3. The van der Waals surface area contributed by atoms with E-state index in [1.807, 2.05) is 11.3 Å². The zero-order valence-electron chi connectivity index (χ0n) is 30.8. The van der Waals surface area contributed by atoms with Gasteiger partial charge in [0.1, 0.15) is 11.2 Å². The second kappa shape index (κ2) is 12.7. The third-order valence-corrected chi connectivity index (χ3v) is 12.9. The van der Waals surface area contributed by atoms with Crippen LogP contribution in [0.5, 0.6) is 0 Å². The Labute approximate surface area is 333 Å². The van der Waals surface area contributed by atoms with E-state index < -0.39 is 0 Å². The average molecular weight is 744 g/mol. The number of furan rings is 1. The van der Waals surface area contributed by atoms with Crippen molar-refractivity contribution < 1.29 is 4.42 Å². The summed E-state index contributed by atoms with van der Waals surface area (Å²) in [5.74, 6) is 0. The fourth-order valence-electron chi connectivity index (χ4n) is 9.00. The summed E-state index contributed by atoms with van der Waals surface area (Å²) in [4.78, 5) is 2.39. The summed E-state index contributed by atoms with van der Waals surface area (Å²) < 4.78 is 9.34. The molecule has 0 saturated carbocycles. The second-order valence-corrected chi connectivity index (χ2v) is 15.9. The molecular formula is C54H33NOS. The summed E-state index contributed by atoms with van der Waals surface area (Å²) in [6.07, 6.45) is 0. The summed E-state index contributed by atoms with van der Waals surface area (Å²) in [5.41, 5.74) is 9.89. The Kier molecular flexibility index (Phi) is 7.13. The molecule has 2 nitrogen and oxygen atoms in total. The van der Waals surface area contributed by atoms with Gasteiger partial charge in [0.25, 0.3) is 0 Å². The summed E-state index contributed by atoms with van der Waals surface area (Å²) in [7, 11) is 0. The van der Waals surface area contributed by atoms with Gasteiger partial charge in [-0.25, -0.2) is 0 Å². The van der Waals surface area contributed by atoms with E-state index in [-0.39, 0.29) is 0 Å². The Morgan fingerprint density at radius 3 is 1.79 bits per heavy atom. The van der Waals surface area contributed by atoms with E-state index in [1.54, 1.807) is 0 Å². The monoisotopic (exact) mass is 743 g/mol. The Morgan fingerprint density at radius 1 is 0.386 bits per heavy atom. The summed E-state index contributed by atoms with van der Waals surface area (Å²) >= 11 is 1.87. The number of anilines is 3. The minimum absolute atomic E-state index is 0.871. The highest BCUT2D eigenvalue weighted by molar-refractivity contribution is 7.26. The predicted molar refractivity (Wildman–Crippen MR) is 245 cm³/mol. The van der Waals surface area contributed by atoms with Gasteiger partial charge in [0.2, 0.25) is 0 Å². The second-order valence-electron chi connectivity index (χ2n) is 14.8. The lowest BCUT2D eigenvalue weighted by atomic mass is 9.93. The van der Waals surface area contributed by atoms with Crippen molar-refractivity contribution in [1.29, 1.82) is 0 Å². The number of fused-ring (bicyclic) bond motifs is 11. The first-order chi connectivity index (χ1) is 28.3. The predicted octanol–water partition coefficient (Wildman–Crippen LogP) is 16.2. The van der Waals surface area contributed by atoms with Crippen molar-refractivity contribution in [2.45, 2.75) is 0 Å². The molecule has 0 aliphatic rings. The van der Waals surface area contributed by atoms with Crippen LogP contribution >= 0.6 is 11.3 Å². The van der Waals surface area contributed by atoms with E-state index in [4.69, 9.17) is 4.42 Å². The molecule has 12 aromatic rings. The zero-order valence-corrected chi connectivity index (χ0v) is 31.6. The van der Waals surface area contributed by atoms with Crippen molar-refractivity contribution >= 4 is 103 Å². The molecule has 0 aliphatic heterocycles. The van der Waals surface area contributed by atoms with E-state index >= 15 is 0 Å². The molecule has 0 unspecified atom stereocenters. The highest BCUT2D eigenvalue weighted by Gasteiger charge is 2.21. The molecule has 2 heterocycles. The highest BCUT2D eigenvalue weighted by Crippen LogP contribution is 2.46. The molecule has 0 saturated heterocycles. The van der Waals surface area contributed by atoms with E-state index in [1.165, 1.54) is 69.4 Å². The molecule has 0 N–H and O–H groups in total. The fraction of sp³-hybridized carbons (Fsp3) is 0. The first-order valence-electron chi connectivity index (χ1n) is 19.4. The van der Waals surface area contributed by atoms with Crippen LogP contribution in [0.15, 0.2) is 205 Å². The van der Waals surface area contributed by atoms with Crippen LogP contribution in [-0.4, -0.2) is 0 Å². The molecule has 0 bridgehead atoms. The van der Waals surface area contributed by atoms with Crippen molar-refractivity contribution in [1.82, 2.24) is 0 Å². The van der Waals surface area contributed by atoms with Gasteiger partial charge in [-0.2, -0.15) is 0 Å². The largest absolute Gasteiger partial charge is 0.455 e. The van der Waals surface area contributed by atoms with Crippen molar-refractivity contribution in [3.8, 4) is 22.3 Å². The lowest BCUT2D eigenvalue weighted by Crippen LogP contribution is -2.10. The summed E-state index contributed by atoms with van der Waals surface area (Å²) in [6.45, 7) is 0. The van der Waals surface area contributed by atoms with E-state index in [2.05, 4.69) is 205 Å². The van der Waals surface area contributed by atoms with Crippen molar-refractivity contribution in [2.24, 2.45) is 0 Å². The standard InChI is InChI=1S/C54H33NOS/c1-4-14-41-34(11-1)27-32-47-52-49(20-10-21-50(52)56-53(41)47)55(38-28-23-35(24-29-38)42-18-9-19-46-45-17-7-8-22-51(45)57-54(42)46)39-30-25-36(26-31-39)48-33-37-12-2-3-13-40(37)43-15-5-6-16-44(43)48/h1-33H. The van der Waals surface area contributed by atoms with Gasteiger partial charge in [-0.3, -0.25) is 0 Å². The molecule has 12 rings (SSSR count). The third kappa shape index (κ3) is 5.03. The topological polar surface area (TPSA) is 16.4 Å². The first-order valence-corrected chi connectivity index (χ1v) is 20.2. The van der Waals surface area contributed by atoms with Crippen LogP contribution in [0.3, 0.4) is 0 Å². The first kappa shape index (κ1) is 32.1. The molecule has 57 heavy (non-hydrogen) atoms. The maximum absolute atomic E-state index is 6.70. The Balaban J connectivity index is 1.04. The molecule has 0 amide bonds. The smallest absolute Gasteiger partial charge is 0.143 e. The maximum atomic E-state index is 6.70. The van der Waals surface area contributed by atoms with Gasteiger partial charge in [-0.05, 0) is 104 Å². The zero-order chi connectivity index (χ0) is 37.5. The molecule has 0 atom stereocenters. The summed E-state index contributed by atoms with van der Waals surface area (Å²) in [6, 6.07) is 72.7. The van der Waals surface area contributed by atoms with Gasteiger partial charge in [-0.15, -0.1) is 11.3 Å². The van der Waals surface area contributed by atoms with Gasteiger partial charge in [0.05, 0.1) is 11.1 Å². The number of hydrogen-bond donors (Lipinski definition) is 0. The number of nitrogens with zero attached hydrogens (tertiary/aromatic N) is 1. The molecule has 0 aliphatic carbocycles. The third-order valence-electron chi connectivity index (χ3n) is 11.7. The molecule has 10 aromatic carbocycles. The highest BCUT2D eigenvalue weighted by atomic mass is 32.1. The lowest BCUT2D eigenvalue weighted by molar-refractivity contribution is 0.672. The SMILES string of the molecule is c1ccc2c(c1)cc(-c1ccc(N(c3ccc(-c4cccc5c4sc4ccccc45)cc3)c3cccc4oc5c6ccccc6ccc5c34)cc1)c1ccccc12. The van der Waals surface area contributed by atoms with Crippen LogP contribution in [0.1, 0.15) is 0 Å². The van der Waals surface area contributed by atoms with Crippen LogP contribution in [0.4, 0.5) is 17.1 Å². The molecule has 0 spiro atoms. The van der Waals surface area contributed by atoms with Gasteiger partial charge in [-0.1, -0.05) is 146 Å². The number of rotatable bonds is 5. The van der Waals surface area contributed by atoms with E-state index in [0.29, 0.717) is 0 Å². The van der Waals surface area contributed by atoms with Gasteiger partial charge < -0.3 is 9.32 Å². The van der Waals surface area contributed by atoms with Crippen molar-refractivity contribution in [3.63, 3.8) is 0 Å². The molecule has 2 aromatic heterocycles. The Morgan fingerprint density at radius 2 is 1.00 bits per heavy atom. The van der Waals surface area contributed by atoms with Crippen molar-refractivity contribution in [2.75, 3.05) is 4.90 Å². The Hall–Kier alpha value is -7.20. The molecule has 266 valence electrons. The van der Waals surface area contributed by atoms with E-state index in [0.717, 1.165) is 44.4 Å². The summed E-state index contributed by atoms with van der Waals surface area (Å²) in [5, 5.41) is 12.2. The van der Waals surface area contributed by atoms with Crippen LogP contribution in [0.2, 0.25) is 0 Å². The van der Waals surface area contributed by atoms with Gasteiger partial charge >= 0.3 is 0 Å². The molecule has 0 radical (unpaired) electrons. The molecule has 3 heteroatoms. The molecule has 0 fully saturated rings. The van der Waals surface area contributed by atoms with Crippen LogP contribution < -0.4 is 4.90 Å². The number of benzene rings is 10. The van der Waals surface area contributed by atoms with Crippen LogP contribution in [0.25, 0.3) is 96.7 Å². The lowest BCUT2D eigenvalue weighted by Gasteiger charge is -2.27. The number of thiophene rings is 1. The minimum atomic E-state index is 0.871. The maximum Gasteiger partial charge on any atom is 0.143 e. The normalized spacial score (nSPS) is 11.9. The fourth-order valence-corrected chi connectivity index (χ4v) is 10.2.